The number of unbranched alkanes of at least 4 members (excludes halogenated alkanes) is 30. The van der Waals surface area contributed by atoms with Gasteiger partial charge in [0.2, 0.25) is 0 Å². The first-order chi connectivity index (χ1) is 38.5. The molecular formula is C72H122O6. The summed E-state index contributed by atoms with van der Waals surface area (Å²) in [7, 11) is 0. The second kappa shape index (κ2) is 65.6. The third-order valence-corrected chi connectivity index (χ3v) is 14.0. The van der Waals surface area contributed by atoms with Crippen molar-refractivity contribution in [3.05, 3.63) is 109 Å². The summed E-state index contributed by atoms with van der Waals surface area (Å²) in [6.45, 7) is 6.51. The van der Waals surface area contributed by atoms with Gasteiger partial charge in [0.25, 0.3) is 0 Å². The molecule has 0 heterocycles. The fraction of sp³-hybridized carbons (Fsp3) is 0.708. The smallest absolute Gasteiger partial charge is 0.306 e. The van der Waals surface area contributed by atoms with Crippen LogP contribution in [-0.2, 0) is 28.6 Å². The van der Waals surface area contributed by atoms with Crippen LogP contribution in [0.5, 0.6) is 0 Å². The monoisotopic (exact) mass is 1080 g/mol. The molecule has 0 aromatic heterocycles. The maximum atomic E-state index is 12.9. The lowest BCUT2D eigenvalue weighted by Crippen LogP contribution is -2.30. The number of rotatable bonds is 59. The van der Waals surface area contributed by atoms with Crippen LogP contribution in [-0.4, -0.2) is 37.2 Å². The molecule has 6 heteroatoms. The number of hydrogen-bond acceptors (Lipinski definition) is 6. The van der Waals surface area contributed by atoms with Crippen molar-refractivity contribution in [2.24, 2.45) is 0 Å². The SMILES string of the molecule is CC/C=C\C/C=C\C/C=C\C/C=C\C/C=C\CCCCCCCCCC(=O)OCC(COC(=O)CCCCCCC/C=C\CCCCCCC)OC(=O)CCCCCCCCCC/C=C\C/C=C\C/C=C\CCCCCCC. The van der Waals surface area contributed by atoms with Crippen LogP contribution in [0.15, 0.2) is 109 Å². The molecule has 0 aromatic carbocycles. The largest absolute Gasteiger partial charge is 0.462 e. The Balaban J connectivity index is 4.40. The highest BCUT2D eigenvalue weighted by Crippen LogP contribution is 2.15. The molecule has 0 radical (unpaired) electrons. The summed E-state index contributed by atoms with van der Waals surface area (Å²) >= 11 is 0. The lowest BCUT2D eigenvalue weighted by atomic mass is 10.1. The van der Waals surface area contributed by atoms with Crippen LogP contribution in [0.4, 0.5) is 0 Å². The van der Waals surface area contributed by atoms with Gasteiger partial charge in [-0.1, -0.05) is 271 Å². The van der Waals surface area contributed by atoms with Crippen molar-refractivity contribution in [3.8, 4) is 0 Å². The summed E-state index contributed by atoms with van der Waals surface area (Å²) in [6, 6.07) is 0. The molecule has 0 aliphatic heterocycles. The summed E-state index contributed by atoms with van der Waals surface area (Å²) < 4.78 is 16.9. The van der Waals surface area contributed by atoms with Crippen LogP contribution >= 0.6 is 0 Å². The molecule has 446 valence electrons. The molecular weight excluding hydrogens is 961 g/mol. The number of carbonyl (C=O) groups excluding carboxylic acids is 3. The van der Waals surface area contributed by atoms with Gasteiger partial charge in [-0.15, -0.1) is 0 Å². The zero-order valence-electron chi connectivity index (χ0n) is 51.2. The minimum Gasteiger partial charge on any atom is -0.462 e. The maximum absolute atomic E-state index is 12.9. The summed E-state index contributed by atoms with van der Waals surface area (Å²) in [4.78, 5) is 38.4. The van der Waals surface area contributed by atoms with Crippen LogP contribution in [0.25, 0.3) is 0 Å². The van der Waals surface area contributed by atoms with Gasteiger partial charge in [-0.25, -0.2) is 0 Å². The van der Waals surface area contributed by atoms with E-state index in [0.717, 1.165) is 122 Å². The second-order valence-electron chi connectivity index (χ2n) is 21.6. The Morgan fingerprint density at radius 3 is 0.795 bits per heavy atom. The predicted octanol–water partition coefficient (Wildman–Crippen LogP) is 22.6. The van der Waals surface area contributed by atoms with Gasteiger partial charge >= 0.3 is 17.9 Å². The van der Waals surface area contributed by atoms with Gasteiger partial charge in [0.05, 0.1) is 0 Å². The average molecular weight is 1080 g/mol. The molecule has 0 amide bonds. The molecule has 0 aromatic rings. The minimum absolute atomic E-state index is 0.0894. The van der Waals surface area contributed by atoms with Gasteiger partial charge in [0.1, 0.15) is 13.2 Å². The highest BCUT2D eigenvalue weighted by molar-refractivity contribution is 5.71. The van der Waals surface area contributed by atoms with Gasteiger partial charge in [-0.2, -0.15) is 0 Å². The molecule has 0 fully saturated rings. The molecule has 1 atom stereocenters. The van der Waals surface area contributed by atoms with E-state index in [9.17, 15) is 14.4 Å². The molecule has 78 heavy (non-hydrogen) atoms. The fourth-order valence-electron chi connectivity index (χ4n) is 9.06. The predicted molar refractivity (Wildman–Crippen MR) is 339 cm³/mol. The third-order valence-electron chi connectivity index (χ3n) is 14.0. The zero-order valence-corrected chi connectivity index (χ0v) is 51.2. The molecule has 0 rings (SSSR count). The van der Waals surface area contributed by atoms with Crippen molar-refractivity contribution < 1.29 is 28.6 Å². The quantitative estimate of drug-likeness (QED) is 0.0261. The Labute approximate surface area is 482 Å². The molecule has 0 saturated heterocycles. The molecule has 1 unspecified atom stereocenters. The van der Waals surface area contributed by atoms with E-state index >= 15 is 0 Å². The lowest BCUT2D eigenvalue weighted by molar-refractivity contribution is -0.167. The third kappa shape index (κ3) is 62.9. The average Bonchev–Trinajstić information content (AvgIpc) is 3.44. The molecule has 0 spiro atoms. The first kappa shape index (κ1) is 74.1. The Hall–Kier alpha value is -3.93. The Kier molecular flexibility index (Phi) is 62.3. The summed E-state index contributed by atoms with van der Waals surface area (Å²) in [5, 5.41) is 0. The van der Waals surface area contributed by atoms with E-state index in [-0.39, 0.29) is 31.1 Å². The maximum Gasteiger partial charge on any atom is 0.306 e. The van der Waals surface area contributed by atoms with Crippen LogP contribution in [0.2, 0.25) is 0 Å². The Morgan fingerprint density at radius 1 is 0.269 bits per heavy atom. The van der Waals surface area contributed by atoms with Crippen LogP contribution < -0.4 is 0 Å². The van der Waals surface area contributed by atoms with Gasteiger partial charge < -0.3 is 14.2 Å². The highest BCUT2D eigenvalue weighted by Gasteiger charge is 2.19. The van der Waals surface area contributed by atoms with E-state index in [2.05, 4.69) is 130 Å². The van der Waals surface area contributed by atoms with E-state index in [1.807, 2.05) is 0 Å². The Bertz CT molecular complexity index is 1570. The molecule has 0 aliphatic carbocycles. The standard InChI is InChI=1S/C72H122O6/c1-4-7-10-13-16-19-22-25-28-30-32-34-36-38-40-42-44-47-50-53-56-59-62-65-71(74)77-68-69(67-76-70(73)64-61-58-55-52-49-46-27-24-21-18-15-12-9-6-3)78-72(75)66-63-60-57-54-51-48-45-43-41-39-37-35-33-31-29-26-23-20-17-14-11-8-5-2/h7,10,16,19,23-28,31-34,37-40,69H,4-6,8-9,11-15,17-18,20-22,29-30,35-36,41-68H2,1-3H3/b10-7-,19-16-,26-23-,27-24-,28-25-,33-31-,34-32-,39-37-,40-38-. The summed E-state index contributed by atoms with van der Waals surface area (Å²) in [5.41, 5.74) is 0. The van der Waals surface area contributed by atoms with Crippen molar-refractivity contribution in [1.29, 1.82) is 0 Å². The Morgan fingerprint density at radius 2 is 0.500 bits per heavy atom. The molecule has 0 saturated carbocycles. The molecule has 0 aliphatic rings. The van der Waals surface area contributed by atoms with E-state index in [1.165, 1.54) is 148 Å². The summed E-state index contributed by atoms with van der Waals surface area (Å²) in [5.74, 6) is -0.907. The van der Waals surface area contributed by atoms with Crippen molar-refractivity contribution in [3.63, 3.8) is 0 Å². The van der Waals surface area contributed by atoms with Crippen LogP contribution in [0.1, 0.15) is 310 Å². The number of allylic oxidation sites excluding steroid dienone is 18. The van der Waals surface area contributed by atoms with Crippen molar-refractivity contribution >= 4 is 17.9 Å². The van der Waals surface area contributed by atoms with E-state index < -0.39 is 6.10 Å². The van der Waals surface area contributed by atoms with E-state index in [4.69, 9.17) is 14.2 Å². The number of ether oxygens (including phenoxy) is 3. The molecule has 0 N–H and O–H groups in total. The van der Waals surface area contributed by atoms with Crippen LogP contribution in [0, 0.1) is 0 Å². The molecule has 0 bridgehead atoms. The first-order valence-electron chi connectivity index (χ1n) is 32.9. The second-order valence-corrected chi connectivity index (χ2v) is 21.6. The van der Waals surface area contributed by atoms with E-state index in [0.29, 0.717) is 19.3 Å². The number of carbonyl (C=O) groups is 3. The van der Waals surface area contributed by atoms with Gasteiger partial charge in [-0.3, -0.25) is 14.4 Å². The van der Waals surface area contributed by atoms with Gasteiger partial charge in [-0.05, 0) is 128 Å². The van der Waals surface area contributed by atoms with Crippen molar-refractivity contribution in [1.82, 2.24) is 0 Å². The first-order valence-corrected chi connectivity index (χ1v) is 32.9. The normalized spacial score (nSPS) is 12.8. The minimum atomic E-state index is -0.794. The molecule has 6 nitrogen and oxygen atoms in total. The van der Waals surface area contributed by atoms with Crippen molar-refractivity contribution in [2.45, 2.75) is 316 Å². The van der Waals surface area contributed by atoms with Gasteiger partial charge in [0, 0.05) is 19.3 Å². The fourth-order valence-corrected chi connectivity index (χ4v) is 9.06. The van der Waals surface area contributed by atoms with Gasteiger partial charge in [0.15, 0.2) is 6.10 Å². The van der Waals surface area contributed by atoms with Crippen molar-refractivity contribution in [2.75, 3.05) is 13.2 Å². The highest BCUT2D eigenvalue weighted by atomic mass is 16.6. The van der Waals surface area contributed by atoms with E-state index in [1.54, 1.807) is 0 Å². The van der Waals surface area contributed by atoms with Crippen LogP contribution in [0.3, 0.4) is 0 Å². The number of hydrogen-bond donors (Lipinski definition) is 0. The number of esters is 3. The lowest BCUT2D eigenvalue weighted by Gasteiger charge is -2.18. The zero-order chi connectivity index (χ0) is 56.4. The topological polar surface area (TPSA) is 78.9 Å². The summed E-state index contributed by atoms with van der Waals surface area (Å²) in [6.07, 6.45) is 89.4.